The van der Waals surface area contributed by atoms with Gasteiger partial charge in [-0.15, -0.1) is 13.2 Å². The summed E-state index contributed by atoms with van der Waals surface area (Å²) in [7, 11) is 0. The highest BCUT2D eigenvalue weighted by Crippen LogP contribution is 2.34. The molecular formula is C9H8F3NO3. The fourth-order valence-corrected chi connectivity index (χ4v) is 1.29. The quantitative estimate of drug-likeness (QED) is 0.584. The number of hydrogen-bond acceptors (Lipinski definition) is 3. The van der Waals surface area contributed by atoms with Gasteiger partial charge in [0.05, 0.1) is 10.5 Å². The van der Waals surface area contributed by atoms with Crippen LogP contribution in [0.5, 0.6) is 5.75 Å². The maximum Gasteiger partial charge on any atom is 0.573 e. The molecule has 0 unspecified atom stereocenters. The number of aryl methyl sites for hydroxylation is 1. The zero-order chi connectivity index (χ0) is 12.5. The molecule has 16 heavy (non-hydrogen) atoms. The summed E-state index contributed by atoms with van der Waals surface area (Å²) in [6.07, 6.45) is -4.86. The number of ether oxygens (including phenoxy) is 1. The number of nitrogens with zero attached hydrogens (tertiary/aromatic N) is 1. The molecule has 1 aromatic rings. The SMILES string of the molecule is Cc1ccc([N+](=O)[O-])c(C)c1OC(F)(F)F. The Morgan fingerprint density at radius 3 is 2.31 bits per heavy atom. The number of alkyl halides is 3. The first kappa shape index (κ1) is 12.3. The van der Waals surface area contributed by atoms with E-state index in [1.54, 1.807) is 0 Å². The molecule has 0 N–H and O–H groups in total. The third-order valence-corrected chi connectivity index (χ3v) is 1.99. The number of nitro benzene ring substituents is 1. The van der Waals surface area contributed by atoms with E-state index in [0.717, 1.165) is 6.07 Å². The molecule has 0 fully saturated rings. The van der Waals surface area contributed by atoms with Gasteiger partial charge in [-0.05, 0) is 25.5 Å². The lowest BCUT2D eigenvalue weighted by Crippen LogP contribution is -2.18. The largest absolute Gasteiger partial charge is 0.573 e. The Morgan fingerprint density at radius 1 is 1.31 bits per heavy atom. The summed E-state index contributed by atoms with van der Waals surface area (Å²) < 4.78 is 39.9. The molecular weight excluding hydrogens is 227 g/mol. The molecule has 1 rings (SSSR count). The zero-order valence-electron chi connectivity index (χ0n) is 8.46. The van der Waals surface area contributed by atoms with Crippen LogP contribution in [0.1, 0.15) is 11.1 Å². The monoisotopic (exact) mass is 235 g/mol. The lowest BCUT2D eigenvalue weighted by molar-refractivity contribution is -0.385. The van der Waals surface area contributed by atoms with Gasteiger partial charge in [-0.25, -0.2) is 0 Å². The summed E-state index contributed by atoms with van der Waals surface area (Å²) in [4.78, 5) is 9.77. The molecule has 0 aromatic heterocycles. The Balaban J connectivity index is 3.27. The molecule has 0 atom stereocenters. The van der Waals surface area contributed by atoms with Crippen molar-refractivity contribution in [3.8, 4) is 5.75 Å². The van der Waals surface area contributed by atoms with Crippen LogP contribution in [0.3, 0.4) is 0 Å². The number of benzene rings is 1. The van der Waals surface area contributed by atoms with Crippen molar-refractivity contribution in [2.24, 2.45) is 0 Å². The lowest BCUT2D eigenvalue weighted by Gasteiger charge is -2.13. The van der Waals surface area contributed by atoms with E-state index in [2.05, 4.69) is 4.74 Å². The molecule has 0 radical (unpaired) electrons. The average Bonchev–Trinajstić information content (AvgIpc) is 2.10. The second-order valence-corrected chi connectivity index (χ2v) is 3.16. The summed E-state index contributed by atoms with van der Waals surface area (Å²) in [5.41, 5.74) is -0.340. The van der Waals surface area contributed by atoms with E-state index in [4.69, 9.17) is 0 Å². The average molecular weight is 235 g/mol. The first-order valence-electron chi connectivity index (χ1n) is 4.22. The molecule has 0 aliphatic carbocycles. The predicted molar refractivity (Wildman–Crippen MR) is 49.3 cm³/mol. The van der Waals surface area contributed by atoms with Crippen molar-refractivity contribution >= 4 is 5.69 Å². The van der Waals surface area contributed by atoms with Gasteiger partial charge in [0.15, 0.2) is 0 Å². The summed E-state index contributed by atoms with van der Waals surface area (Å²) in [5, 5.41) is 10.5. The molecule has 4 nitrogen and oxygen atoms in total. The van der Waals surface area contributed by atoms with Crippen molar-refractivity contribution in [1.82, 2.24) is 0 Å². The van der Waals surface area contributed by atoms with Crippen LogP contribution in [0.25, 0.3) is 0 Å². The number of rotatable bonds is 2. The van der Waals surface area contributed by atoms with Crippen LogP contribution in [0.4, 0.5) is 18.9 Å². The molecule has 0 heterocycles. The Labute approximate surface area is 88.8 Å². The highest BCUT2D eigenvalue weighted by Gasteiger charge is 2.33. The summed E-state index contributed by atoms with van der Waals surface area (Å²) in [6, 6.07) is 2.36. The molecule has 0 aliphatic heterocycles. The lowest BCUT2D eigenvalue weighted by atomic mass is 10.1. The van der Waals surface area contributed by atoms with Gasteiger partial charge in [-0.1, -0.05) is 0 Å². The first-order chi connectivity index (χ1) is 7.22. The second-order valence-electron chi connectivity index (χ2n) is 3.16. The van der Waals surface area contributed by atoms with E-state index >= 15 is 0 Å². The number of hydrogen-bond donors (Lipinski definition) is 0. The fourth-order valence-electron chi connectivity index (χ4n) is 1.29. The second kappa shape index (κ2) is 3.99. The molecule has 0 saturated heterocycles. The van der Waals surface area contributed by atoms with Crippen molar-refractivity contribution < 1.29 is 22.8 Å². The van der Waals surface area contributed by atoms with Crippen molar-refractivity contribution in [1.29, 1.82) is 0 Å². The fraction of sp³-hybridized carbons (Fsp3) is 0.333. The van der Waals surface area contributed by atoms with Gasteiger partial charge in [-0.2, -0.15) is 0 Å². The smallest absolute Gasteiger partial charge is 0.405 e. The van der Waals surface area contributed by atoms with Gasteiger partial charge in [0, 0.05) is 6.07 Å². The zero-order valence-corrected chi connectivity index (χ0v) is 8.46. The minimum atomic E-state index is -4.86. The van der Waals surface area contributed by atoms with E-state index < -0.39 is 22.7 Å². The van der Waals surface area contributed by atoms with Gasteiger partial charge in [0.1, 0.15) is 5.75 Å². The van der Waals surface area contributed by atoms with Crippen molar-refractivity contribution in [2.75, 3.05) is 0 Å². The molecule has 0 spiro atoms. The van der Waals surface area contributed by atoms with Gasteiger partial charge >= 0.3 is 6.36 Å². The van der Waals surface area contributed by atoms with Gasteiger partial charge in [0.25, 0.3) is 5.69 Å². The van der Waals surface area contributed by atoms with Crippen molar-refractivity contribution in [3.63, 3.8) is 0 Å². The Kier molecular flexibility index (Phi) is 3.06. The van der Waals surface area contributed by atoms with Gasteiger partial charge < -0.3 is 4.74 Å². The van der Waals surface area contributed by atoms with Crippen LogP contribution in [-0.2, 0) is 0 Å². The highest BCUT2D eigenvalue weighted by molar-refractivity contribution is 5.52. The van der Waals surface area contributed by atoms with Gasteiger partial charge in [0.2, 0.25) is 0 Å². The molecule has 7 heteroatoms. The van der Waals surface area contributed by atoms with E-state index in [0.29, 0.717) is 0 Å². The van der Waals surface area contributed by atoms with E-state index in [1.165, 1.54) is 19.9 Å². The Morgan fingerprint density at radius 2 is 1.88 bits per heavy atom. The van der Waals surface area contributed by atoms with Crippen molar-refractivity contribution in [2.45, 2.75) is 20.2 Å². The molecule has 1 aromatic carbocycles. The topological polar surface area (TPSA) is 52.4 Å². The Hall–Kier alpha value is -1.79. The van der Waals surface area contributed by atoms with Crippen LogP contribution < -0.4 is 4.74 Å². The highest BCUT2D eigenvalue weighted by atomic mass is 19.4. The minimum absolute atomic E-state index is 0.137. The minimum Gasteiger partial charge on any atom is -0.405 e. The summed E-state index contributed by atoms with van der Waals surface area (Å²) in [6.45, 7) is 2.60. The standard InChI is InChI=1S/C9H8F3NO3/c1-5-3-4-7(13(14)15)6(2)8(5)16-9(10,11)12/h3-4H,1-2H3. The van der Waals surface area contributed by atoms with Crippen LogP contribution >= 0.6 is 0 Å². The Bertz CT molecular complexity index is 429. The third-order valence-electron chi connectivity index (χ3n) is 1.99. The molecule has 88 valence electrons. The first-order valence-corrected chi connectivity index (χ1v) is 4.22. The number of halogens is 3. The predicted octanol–water partition coefficient (Wildman–Crippen LogP) is 3.11. The number of nitro groups is 1. The third kappa shape index (κ3) is 2.62. The maximum absolute atomic E-state index is 12.0. The van der Waals surface area contributed by atoms with Gasteiger partial charge in [-0.3, -0.25) is 10.1 Å². The van der Waals surface area contributed by atoms with Crippen LogP contribution in [0.2, 0.25) is 0 Å². The van der Waals surface area contributed by atoms with Crippen LogP contribution in [0, 0.1) is 24.0 Å². The van der Waals surface area contributed by atoms with Crippen LogP contribution in [0.15, 0.2) is 12.1 Å². The molecule has 0 amide bonds. The molecule has 0 bridgehead atoms. The van der Waals surface area contributed by atoms with E-state index in [1.807, 2.05) is 0 Å². The van der Waals surface area contributed by atoms with Crippen molar-refractivity contribution in [3.05, 3.63) is 33.4 Å². The van der Waals surface area contributed by atoms with E-state index in [9.17, 15) is 23.3 Å². The summed E-state index contributed by atoms with van der Waals surface area (Å²) in [5.74, 6) is -0.512. The van der Waals surface area contributed by atoms with E-state index in [-0.39, 0.29) is 11.1 Å². The maximum atomic E-state index is 12.0. The summed E-state index contributed by atoms with van der Waals surface area (Å²) >= 11 is 0. The normalized spacial score (nSPS) is 11.3. The molecule has 0 saturated carbocycles. The van der Waals surface area contributed by atoms with Crippen LogP contribution in [-0.4, -0.2) is 11.3 Å². The molecule has 0 aliphatic rings.